The van der Waals surface area contributed by atoms with Crippen LogP contribution < -0.4 is 5.32 Å². The van der Waals surface area contributed by atoms with E-state index in [2.05, 4.69) is 31.9 Å². The highest BCUT2D eigenvalue weighted by Crippen LogP contribution is 2.14. The molecule has 112 valence electrons. The molecule has 20 heavy (non-hydrogen) atoms. The van der Waals surface area contributed by atoms with Gasteiger partial charge in [0.05, 0.1) is 6.54 Å². The molecule has 1 aromatic heterocycles. The Morgan fingerprint density at radius 1 is 1.05 bits per heavy atom. The average Bonchev–Trinajstić information content (AvgIpc) is 2.92. The number of nitrogens with one attached hydrogen (secondary N) is 1. The lowest BCUT2D eigenvalue weighted by atomic mass is 10.1. The lowest BCUT2D eigenvalue weighted by Crippen LogP contribution is -2.43. The van der Waals surface area contributed by atoms with Crippen LogP contribution in [0.4, 0.5) is 0 Å². The van der Waals surface area contributed by atoms with E-state index in [9.17, 15) is 0 Å². The van der Waals surface area contributed by atoms with E-state index in [0.29, 0.717) is 6.04 Å². The van der Waals surface area contributed by atoms with Gasteiger partial charge in [-0.3, -0.25) is 4.90 Å². The minimum absolute atomic E-state index is 0.624. The summed E-state index contributed by atoms with van der Waals surface area (Å²) in [5, 5.41) is 12.2. The molecule has 0 amide bonds. The van der Waals surface area contributed by atoms with Crippen LogP contribution in [0.5, 0.6) is 0 Å². The second-order valence-electron chi connectivity index (χ2n) is 6.22. The number of rotatable bonds is 5. The van der Waals surface area contributed by atoms with Crippen molar-refractivity contribution in [1.29, 1.82) is 0 Å². The Kier molecular flexibility index (Phi) is 4.68. The van der Waals surface area contributed by atoms with E-state index >= 15 is 0 Å². The van der Waals surface area contributed by atoms with Crippen molar-refractivity contribution >= 4 is 0 Å². The average molecular weight is 277 g/mol. The molecule has 2 aliphatic rings. The van der Waals surface area contributed by atoms with E-state index in [4.69, 9.17) is 0 Å². The molecule has 1 atom stereocenters. The molecule has 1 saturated heterocycles. The monoisotopic (exact) mass is 277 g/mol. The van der Waals surface area contributed by atoms with Crippen molar-refractivity contribution in [3.63, 3.8) is 0 Å². The van der Waals surface area contributed by atoms with Crippen LogP contribution in [-0.4, -0.2) is 45.3 Å². The summed E-state index contributed by atoms with van der Waals surface area (Å²) in [6.07, 6.45) is 7.75. The predicted octanol–water partition coefficient (Wildman–Crippen LogP) is 1.58. The molecule has 1 N–H and O–H groups in total. The summed E-state index contributed by atoms with van der Waals surface area (Å²) in [6.45, 7) is 7.86. The van der Waals surface area contributed by atoms with Gasteiger partial charge in [0, 0.05) is 25.6 Å². The normalized spacial score (nSPS) is 21.6. The standard InChI is InChI=1S/C15H27N5/c1-13(19-8-4-2-5-9-19)11-16-12-15-18-17-14-7-3-6-10-20(14)15/h13,16H,2-12H2,1H3. The summed E-state index contributed by atoms with van der Waals surface area (Å²) in [5.74, 6) is 2.29. The minimum Gasteiger partial charge on any atom is -0.314 e. The fourth-order valence-electron chi connectivity index (χ4n) is 3.38. The lowest BCUT2D eigenvalue weighted by molar-refractivity contribution is 0.170. The van der Waals surface area contributed by atoms with Crippen molar-refractivity contribution in [1.82, 2.24) is 25.0 Å². The van der Waals surface area contributed by atoms with Gasteiger partial charge in [-0.05, 0) is 45.7 Å². The highest BCUT2D eigenvalue weighted by Gasteiger charge is 2.18. The first-order chi connectivity index (χ1) is 9.84. The minimum atomic E-state index is 0.624. The first kappa shape index (κ1) is 14.0. The zero-order valence-electron chi connectivity index (χ0n) is 12.6. The van der Waals surface area contributed by atoms with Gasteiger partial charge in [-0.15, -0.1) is 10.2 Å². The zero-order valence-corrected chi connectivity index (χ0v) is 12.6. The fourth-order valence-corrected chi connectivity index (χ4v) is 3.38. The number of hydrogen-bond donors (Lipinski definition) is 1. The second kappa shape index (κ2) is 6.68. The molecule has 1 unspecified atom stereocenters. The molecular formula is C15H27N5. The Balaban J connectivity index is 1.46. The first-order valence-electron chi connectivity index (χ1n) is 8.20. The van der Waals surface area contributed by atoms with Crippen LogP contribution in [-0.2, 0) is 19.5 Å². The third kappa shape index (κ3) is 3.20. The number of fused-ring (bicyclic) bond motifs is 1. The van der Waals surface area contributed by atoms with Crippen molar-refractivity contribution in [3.8, 4) is 0 Å². The summed E-state index contributed by atoms with van der Waals surface area (Å²) >= 11 is 0. The van der Waals surface area contributed by atoms with Gasteiger partial charge in [0.1, 0.15) is 11.6 Å². The van der Waals surface area contributed by atoms with E-state index in [1.807, 2.05) is 0 Å². The Labute approximate surface area is 121 Å². The van der Waals surface area contributed by atoms with Crippen molar-refractivity contribution in [3.05, 3.63) is 11.6 Å². The molecular weight excluding hydrogens is 250 g/mol. The van der Waals surface area contributed by atoms with Crippen molar-refractivity contribution < 1.29 is 0 Å². The van der Waals surface area contributed by atoms with Crippen LogP contribution in [0.3, 0.4) is 0 Å². The van der Waals surface area contributed by atoms with Crippen molar-refractivity contribution in [2.75, 3.05) is 19.6 Å². The second-order valence-corrected chi connectivity index (χ2v) is 6.22. The molecule has 0 saturated carbocycles. The highest BCUT2D eigenvalue weighted by atomic mass is 15.3. The van der Waals surface area contributed by atoms with Crippen LogP contribution in [0.25, 0.3) is 0 Å². The van der Waals surface area contributed by atoms with Crippen LogP contribution in [0.15, 0.2) is 0 Å². The summed E-state index contributed by atoms with van der Waals surface area (Å²) < 4.78 is 2.31. The molecule has 0 spiro atoms. The van der Waals surface area contributed by atoms with E-state index in [1.54, 1.807) is 0 Å². The highest BCUT2D eigenvalue weighted by molar-refractivity contribution is 4.98. The molecule has 0 bridgehead atoms. The maximum atomic E-state index is 4.34. The van der Waals surface area contributed by atoms with Crippen molar-refractivity contribution in [2.45, 2.75) is 64.6 Å². The maximum absolute atomic E-state index is 4.34. The summed E-state index contributed by atoms with van der Waals surface area (Å²) in [6, 6.07) is 0.624. The molecule has 2 aliphatic heterocycles. The Hall–Kier alpha value is -0.940. The van der Waals surface area contributed by atoms with Gasteiger partial charge in [-0.2, -0.15) is 0 Å². The van der Waals surface area contributed by atoms with Crippen LogP contribution in [0.1, 0.15) is 50.7 Å². The Morgan fingerprint density at radius 2 is 1.85 bits per heavy atom. The number of likely N-dealkylation sites (tertiary alicyclic amines) is 1. The molecule has 0 radical (unpaired) electrons. The topological polar surface area (TPSA) is 46.0 Å². The van der Waals surface area contributed by atoms with E-state index in [1.165, 1.54) is 51.0 Å². The number of aryl methyl sites for hydroxylation is 1. The Bertz CT molecular complexity index is 422. The smallest absolute Gasteiger partial charge is 0.147 e. The van der Waals surface area contributed by atoms with Crippen LogP contribution in [0.2, 0.25) is 0 Å². The molecule has 1 aromatic rings. The predicted molar refractivity (Wildman–Crippen MR) is 79.6 cm³/mol. The van der Waals surface area contributed by atoms with Gasteiger partial charge in [-0.25, -0.2) is 0 Å². The molecule has 1 fully saturated rings. The molecule has 5 nitrogen and oxygen atoms in total. The summed E-state index contributed by atoms with van der Waals surface area (Å²) in [4.78, 5) is 2.61. The number of nitrogens with zero attached hydrogens (tertiary/aromatic N) is 4. The van der Waals surface area contributed by atoms with Gasteiger partial charge in [0.15, 0.2) is 0 Å². The Morgan fingerprint density at radius 3 is 2.70 bits per heavy atom. The van der Waals surface area contributed by atoms with Crippen molar-refractivity contribution in [2.24, 2.45) is 0 Å². The van der Waals surface area contributed by atoms with Crippen LogP contribution in [0, 0.1) is 0 Å². The van der Waals surface area contributed by atoms with E-state index < -0.39 is 0 Å². The first-order valence-corrected chi connectivity index (χ1v) is 8.20. The number of hydrogen-bond acceptors (Lipinski definition) is 4. The third-order valence-electron chi connectivity index (χ3n) is 4.67. The van der Waals surface area contributed by atoms with Gasteiger partial charge < -0.3 is 9.88 Å². The molecule has 0 aliphatic carbocycles. The number of aromatic nitrogens is 3. The largest absolute Gasteiger partial charge is 0.314 e. The quantitative estimate of drug-likeness (QED) is 0.887. The number of piperidine rings is 1. The van der Waals surface area contributed by atoms with Gasteiger partial charge in [0.25, 0.3) is 0 Å². The maximum Gasteiger partial charge on any atom is 0.147 e. The SMILES string of the molecule is CC(CNCc1nnc2n1CCCC2)N1CCCCC1. The lowest BCUT2D eigenvalue weighted by Gasteiger charge is -2.32. The summed E-state index contributed by atoms with van der Waals surface area (Å²) in [7, 11) is 0. The van der Waals surface area contributed by atoms with Gasteiger partial charge in [-0.1, -0.05) is 6.42 Å². The molecule has 5 heteroatoms. The van der Waals surface area contributed by atoms with E-state index in [-0.39, 0.29) is 0 Å². The van der Waals surface area contributed by atoms with Crippen LogP contribution >= 0.6 is 0 Å². The fraction of sp³-hybridized carbons (Fsp3) is 0.867. The molecule has 3 heterocycles. The van der Waals surface area contributed by atoms with Gasteiger partial charge in [0.2, 0.25) is 0 Å². The molecule has 0 aromatic carbocycles. The van der Waals surface area contributed by atoms with Gasteiger partial charge >= 0.3 is 0 Å². The van der Waals surface area contributed by atoms with E-state index in [0.717, 1.165) is 31.9 Å². The summed E-state index contributed by atoms with van der Waals surface area (Å²) in [5.41, 5.74) is 0. The zero-order chi connectivity index (χ0) is 13.8. The molecule has 3 rings (SSSR count). The third-order valence-corrected chi connectivity index (χ3v) is 4.67.